The molecule has 0 aliphatic heterocycles. The van der Waals surface area contributed by atoms with Crippen LogP contribution in [0.1, 0.15) is 35.7 Å². The van der Waals surface area contributed by atoms with Crippen LogP contribution in [0.5, 0.6) is 0 Å². The zero-order valence-corrected chi connectivity index (χ0v) is 19.0. The third kappa shape index (κ3) is 5.81. The number of carbonyl (C=O) groups is 1. The third-order valence-electron chi connectivity index (χ3n) is 4.81. The van der Waals surface area contributed by atoms with Crippen molar-refractivity contribution < 1.29 is 13.2 Å². The van der Waals surface area contributed by atoms with Gasteiger partial charge >= 0.3 is 0 Å². The quantitative estimate of drug-likeness (QED) is 0.577. The van der Waals surface area contributed by atoms with Crippen molar-refractivity contribution in [1.29, 1.82) is 0 Å². The van der Waals surface area contributed by atoms with Crippen molar-refractivity contribution in [1.82, 2.24) is 10.0 Å². The van der Waals surface area contributed by atoms with E-state index in [1.807, 2.05) is 6.07 Å². The fraction of sp³-hybridized carbons (Fsp3) is 0.381. The van der Waals surface area contributed by atoms with Gasteiger partial charge in [-0.2, -0.15) is 0 Å². The van der Waals surface area contributed by atoms with Crippen molar-refractivity contribution in [2.24, 2.45) is 0 Å². The van der Waals surface area contributed by atoms with Crippen LogP contribution in [-0.4, -0.2) is 40.0 Å². The first-order valence-electron chi connectivity index (χ1n) is 9.72. The van der Waals surface area contributed by atoms with Gasteiger partial charge in [0.1, 0.15) is 0 Å². The smallest absolute Gasteiger partial charge is 0.252 e. The number of likely N-dealkylation sites (N-methyl/N-ethyl adjacent to an activating group) is 1. The average molecular weight is 480 g/mol. The van der Waals surface area contributed by atoms with E-state index in [1.165, 1.54) is 17.7 Å². The molecule has 1 aliphatic rings. The number of sulfonamides is 1. The lowest BCUT2D eigenvalue weighted by Gasteiger charge is -2.23. The molecule has 156 valence electrons. The number of carbonyl (C=O) groups excluding carboxylic acids is 1. The molecule has 2 aromatic carbocycles. The molecular weight excluding hydrogens is 454 g/mol. The average Bonchev–Trinajstić information content (AvgIpc) is 3.48. The molecule has 0 spiro atoms. The molecule has 1 amide bonds. The van der Waals surface area contributed by atoms with Crippen LogP contribution >= 0.6 is 15.9 Å². The van der Waals surface area contributed by atoms with E-state index in [-0.39, 0.29) is 16.8 Å². The first-order valence-corrected chi connectivity index (χ1v) is 12.0. The van der Waals surface area contributed by atoms with Gasteiger partial charge in [0.2, 0.25) is 10.0 Å². The van der Waals surface area contributed by atoms with Crippen molar-refractivity contribution >= 4 is 37.5 Å². The first kappa shape index (κ1) is 21.8. The molecule has 0 unspecified atom stereocenters. The van der Waals surface area contributed by atoms with E-state index < -0.39 is 10.0 Å². The van der Waals surface area contributed by atoms with Crippen LogP contribution in [0.4, 0.5) is 5.69 Å². The Labute approximate surface area is 180 Å². The van der Waals surface area contributed by atoms with Gasteiger partial charge < -0.3 is 10.2 Å². The Morgan fingerprint density at radius 1 is 1.21 bits per heavy atom. The van der Waals surface area contributed by atoms with E-state index in [4.69, 9.17) is 0 Å². The Bertz CT molecular complexity index is 990. The number of hydrogen-bond donors (Lipinski definition) is 2. The summed E-state index contributed by atoms with van der Waals surface area (Å²) in [5.41, 5.74) is 2.61. The third-order valence-corrected chi connectivity index (χ3v) is 7.02. The van der Waals surface area contributed by atoms with Crippen LogP contribution in [0, 0.1) is 6.92 Å². The van der Waals surface area contributed by atoms with Gasteiger partial charge in [-0.3, -0.25) is 4.79 Å². The molecule has 0 radical (unpaired) electrons. The minimum absolute atomic E-state index is 0.0163. The van der Waals surface area contributed by atoms with E-state index in [2.05, 4.69) is 62.9 Å². The number of anilines is 1. The summed E-state index contributed by atoms with van der Waals surface area (Å²) in [6.45, 7) is 6.05. The minimum atomic E-state index is -3.61. The highest BCUT2D eigenvalue weighted by Gasteiger charge is 2.28. The lowest BCUT2D eigenvalue weighted by atomic mass is 10.2. The highest BCUT2D eigenvalue weighted by atomic mass is 79.9. The summed E-state index contributed by atoms with van der Waals surface area (Å²) in [6, 6.07) is 12.8. The molecule has 2 N–H and O–H groups in total. The molecule has 29 heavy (non-hydrogen) atoms. The van der Waals surface area contributed by atoms with Gasteiger partial charge in [0.15, 0.2) is 0 Å². The summed E-state index contributed by atoms with van der Waals surface area (Å²) < 4.78 is 28.1. The second-order valence-electron chi connectivity index (χ2n) is 7.21. The van der Waals surface area contributed by atoms with Crippen molar-refractivity contribution in [3.63, 3.8) is 0 Å². The van der Waals surface area contributed by atoms with Crippen LogP contribution in [0.25, 0.3) is 0 Å². The number of nitrogens with one attached hydrogen (secondary N) is 2. The van der Waals surface area contributed by atoms with E-state index in [0.717, 1.165) is 25.1 Å². The monoisotopic (exact) mass is 479 g/mol. The normalized spacial score (nSPS) is 13.9. The lowest BCUT2D eigenvalue weighted by Crippen LogP contribution is -2.35. The Balaban J connectivity index is 1.65. The fourth-order valence-electron chi connectivity index (χ4n) is 3.03. The summed E-state index contributed by atoms with van der Waals surface area (Å²) in [5, 5.41) is 2.89. The van der Waals surface area contributed by atoms with Crippen molar-refractivity contribution in [3.8, 4) is 0 Å². The number of amides is 1. The fourth-order valence-corrected chi connectivity index (χ4v) is 4.79. The molecule has 0 heterocycles. The maximum absolute atomic E-state index is 12.7. The Hall–Kier alpha value is -1.90. The summed E-state index contributed by atoms with van der Waals surface area (Å²) >= 11 is 3.35. The van der Waals surface area contributed by atoms with Gasteiger partial charge in [-0.15, -0.1) is 0 Å². The summed E-state index contributed by atoms with van der Waals surface area (Å²) in [4.78, 5) is 15.0. The number of nitrogens with zero attached hydrogens (tertiary/aromatic N) is 1. The molecule has 1 fully saturated rings. The predicted octanol–water partition coefficient (Wildman–Crippen LogP) is 3.45. The SMILES string of the molecule is CCN(CCNC(=O)c1cc(S(=O)(=O)NC2CC2)ccc1Br)c1cccc(C)c1. The summed E-state index contributed by atoms with van der Waals surface area (Å²) in [6.07, 6.45) is 1.72. The second-order valence-corrected chi connectivity index (χ2v) is 9.78. The Morgan fingerprint density at radius 2 is 1.97 bits per heavy atom. The number of benzene rings is 2. The zero-order chi connectivity index (χ0) is 21.0. The molecule has 8 heteroatoms. The minimum Gasteiger partial charge on any atom is -0.370 e. The summed E-state index contributed by atoms with van der Waals surface area (Å²) in [5.74, 6) is -0.305. The maximum atomic E-state index is 12.7. The van der Waals surface area contributed by atoms with Gasteiger partial charge in [0.25, 0.3) is 5.91 Å². The molecule has 0 aromatic heterocycles. The van der Waals surface area contributed by atoms with Crippen LogP contribution in [-0.2, 0) is 10.0 Å². The highest BCUT2D eigenvalue weighted by molar-refractivity contribution is 9.10. The molecule has 0 bridgehead atoms. The van der Waals surface area contributed by atoms with Crippen molar-refractivity contribution in [3.05, 3.63) is 58.1 Å². The largest absolute Gasteiger partial charge is 0.370 e. The lowest BCUT2D eigenvalue weighted by molar-refractivity contribution is 0.0953. The van der Waals surface area contributed by atoms with Crippen LogP contribution in [0.15, 0.2) is 51.8 Å². The van der Waals surface area contributed by atoms with E-state index in [0.29, 0.717) is 23.1 Å². The Morgan fingerprint density at radius 3 is 2.62 bits per heavy atom. The number of rotatable bonds is 9. The molecule has 1 aliphatic carbocycles. The molecule has 6 nitrogen and oxygen atoms in total. The van der Waals surface area contributed by atoms with Crippen LogP contribution in [0.2, 0.25) is 0 Å². The van der Waals surface area contributed by atoms with E-state index >= 15 is 0 Å². The second kappa shape index (κ2) is 9.28. The van der Waals surface area contributed by atoms with Gasteiger partial charge in [-0.25, -0.2) is 13.1 Å². The standard InChI is InChI=1S/C21H26BrN3O3S/c1-3-25(17-6-4-5-15(2)13-17)12-11-23-21(26)19-14-18(9-10-20(19)22)29(27,28)24-16-7-8-16/h4-6,9-10,13-14,16,24H,3,7-8,11-12H2,1-2H3,(H,23,26). The van der Waals surface area contributed by atoms with Gasteiger partial charge in [-0.05, 0) is 78.5 Å². The Kier molecular flexibility index (Phi) is 6.97. The highest BCUT2D eigenvalue weighted by Crippen LogP contribution is 2.25. The number of aryl methyl sites for hydroxylation is 1. The number of halogens is 1. The zero-order valence-electron chi connectivity index (χ0n) is 16.6. The van der Waals surface area contributed by atoms with E-state index in [1.54, 1.807) is 6.07 Å². The van der Waals surface area contributed by atoms with Crippen LogP contribution < -0.4 is 14.9 Å². The molecular formula is C21H26BrN3O3S. The molecule has 1 saturated carbocycles. The number of hydrogen-bond acceptors (Lipinski definition) is 4. The van der Waals surface area contributed by atoms with Crippen molar-refractivity contribution in [2.45, 2.75) is 37.6 Å². The molecule has 2 aromatic rings. The van der Waals surface area contributed by atoms with Gasteiger partial charge in [0.05, 0.1) is 10.5 Å². The summed E-state index contributed by atoms with van der Waals surface area (Å²) in [7, 11) is -3.61. The topological polar surface area (TPSA) is 78.5 Å². The molecule has 0 atom stereocenters. The van der Waals surface area contributed by atoms with Gasteiger partial charge in [-0.1, -0.05) is 12.1 Å². The maximum Gasteiger partial charge on any atom is 0.252 e. The first-order chi connectivity index (χ1) is 13.8. The molecule has 0 saturated heterocycles. The van der Waals surface area contributed by atoms with E-state index in [9.17, 15) is 13.2 Å². The van der Waals surface area contributed by atoms with Gasteiger partial charge in [0, 0.05) is 35.8 Å². The van der Waals surface area contributed by atoms with Crippen LogP contribution in [0.3, 0.4) is 0 Å². The molecule has 3 rings (SSSR count). The van der Waals surface area contributed by atoms with Crippen molar-refractivity contribution in [2.75, 3.05) is 24.5 Å². The predicted molar refractivity (Wildman–Crippen MR) is 119 cm³/mol.